The highest BCUT2D eigenvalue weighted by molar-refractivity contribution is 5.83. The number of methoxy groups -OCH3 is 2. The molecule has 380 valence electrons. The zero-order valence-corrected chi connectivity index (χ0v) is 45.5. The third-order valence-electron chi connectivity index (χ3n) is 13.9. The van der Waals surface area contributed by atoms with Crippen LogP contribution in [0.15, 0.2) is 121 Å². The van der Waals surface area contributed by atoms with Crippen LogP contribution in [0.25, 0.3) is 0 Å². The molecule has 0 heterocycles. The van der Waals surface area contributed by atoms with E-state index in [4.69, 9.17) is 9.47 Å². The molecule has 6 rings (SSSR count). The summed E-state index contributed by atoms with van der Waals surface area (Å²) in [5.74, 6) is 1.79. The molecule has 2 unspecified atom stereocenters. The van der Waals surface area contributed by atoms with E-state index >= 15 is 0 Å². The van der Waals surface area contributed by atoms with Gasteiger partial charge < -0.3 is 39.7 Å². The number of unbranched alkanes of at least 4 members (excludes halogenated alkanes) is 4. The Kier molecular flexibility index (Phi) is 20.4. The monoisotopic (exact) mass is 959 g/mol. The van der Waals surface area contributed by atoms with E-state index in [2.05, 4.69) is 221 Å². The molecule has 2 N–H and O–H groups in total. The quantitative estimate of drug-likeness (QED) is 0.0504. The first-order valence-electron chi connectivity index (χ1n) is 26.6. The Hall–Kier alpha value is -6.28. The number of ether oxygens (including phenoxy) is 2. The standard InChI is InChI=1S/C63H86N6O2/c1-13-17-39-68(40-18-14-2)60-52(33-37-56(70-11)62(60)66(7)8)58(50-27-23-21-24-28-50)64-54-35-31-48(43-46(54)5)45-49-32-36-55(47(6)44-49)65-59(51-29-25-22-26-30-51)53-34-38-57(71-12)63(67(9)10)61(53)69(41-19-15-3)42-20-16-4/h21-38,43-44,58-59,64-65H,13-20,39-42,45H2,1-12H3. The van der Waals surface area contributed by atoms with Crippen molar-refractivity contribution in [3.63, 3.8) is 0 Å². The van der Waals surface area contributed by atoms with Gasteiger partial charge >= 0.3 is 0 Å². The van der Waals surface area contributed by atoms with Gasteiger partial charge in [-0.25, -0.2) is 0 Å². The predicted octanol–water partition coefficient (Wildman–Crippen LogP) is 15.3. The van der Waals surface area contributed by atoms with Crippen LogP contribution < -0.4 is 39.7 Å². The van der Waals surface area contributed by atoms with Gasteiger partial charge in [-0.2, -0.15) is 0 Å². The zero-order chi connectivity index (χ0) is 50.9. The van der Waals surface area contributed by atoms with Gasteiger partial charge in [-0.1, -0.05) is 150 Å². The fourth-order valence-electron chi connectivity index (χ4n) is 10.1. The first kappa shape index (κ1) is 54.1. The molecule has 0 aromatic heterocycles. The maximum absolute atomic E-state index is 6.07. The summed E-state index contributed by atoms with van der Waals surface area (Å²) in [7, 11) is 12.1. The summed E-state index contributed by atoms with van der Waals surface area (Å²) in [6.07, 6.45) is 9.91. The van der Waals surface area contributed by atoms with Crippen LogP contribution in [0, 0.1) is 13.8 Å². The van der Waals surface area contributed by atoms with Crippen LogP contribution in [0.3, 0.4) is 0 Å². The van der Waals surface area contributed by atoms with Gasteiger partial charge in [0.15, 0.2) is 0 Å². The second-order valence-corrected chi connectivity index (χ2v) is 19.7. The van der Waals surface area contributed by atoms with E-state index in [0.717, 1.165) is 118 Å². The van der Waals surface area contributed by atoms with Crippen molar-refractivity contribution < 1.29 is 9.47 Å². The van der Waals surface area contributed by atoms with Crippen LogP contribution in [-0.4, -0.2) is 68.6 Å². The lowest BCUT2D eigenvalue weighted by atomic mass is 9.93. The zero-order valence-electron chi connectivity index (χ0n) is 45.5. The average molecular weight is 959 g/mol. The highest BCUT2D eigenvalue weighted by Gasteiger charge is 2.29. The van der Waals surface area contributed by atoms with E-state index in [1.807, 2.05) is 0 Å². The van der Waals surface area contributed by atoms with Gasteiger partial charge in [-0.15, -0.1) is 0 Å². The minimum atomic E-state index is -0.0901. The highest BCUT2D eigenvalue weighted by atomic mass is 16.5. The molecule has 0 radical (unpaired) electrons. The molecule has 0 spiro atoms. The first-order valence-corrected chi connectivity index (χ1v) is 26.6. The molecule has 71 heavy (non-hydrogen) atoms. The molecule has 0 aliphatic heterocycles. The molecule has 6 aromatic rings. The summed E-state index contributed by atoms with van der Waals surface area (Å²) in [4.78, 5) is 9.69. The number of benzene rings is 6. The predicted molar refractivity (Wildman–Crippen MR) is 308 cm³/mol. The Morgan fingerprint density at radius 2 is 0.789 bits per heavy atom. The lowest BCUT2D eigenvalue weighted by Crippen LogP contribution is -2.30. The second kappa shape index (κ2) is 26.8. The molecular formula is C63H86N6O2. The number of hydrogen-bond acceptors (Lipinski definition) is 8. The van der Waals surface area contributed by atoms with Crippen LogP contribution in [-0.2, 0) is 6.42 Å². The number of rotatable bonds is 28. The Morgan fingerprint density at radius 1 is 0.437 bits per heavy atom. The van der Waals surface area contributed by atoms with Gasteiger partial charge in [-0.05, 0) is 104 Å². The molecule has 0 aliphatic rings. The van der Waals surface area contributed by atoms with Gasteiger partial charge in [0, 0.05) is 76.9 Å². The lowest BCUT2D eigenvalue weighted by molar-refractivity contribution is 0.415. The largest absolute Gasteiger partial charge is 0.495 e. The molecule has 0 fully saturated rings. The summed E-state index contributed by atoms with van der Waals surface area (Å²) in [6, 6.07) is 44.4. The summed E-state index contributed by atoms with van der Waals surface area (Å²) in [5, 5.41) is 8.17. The van der Waals surface area contributed by atoms with Crippen molar-refractivity contribution in [3.05, 3.63) is 166 Å². The number of nitrogens with zero attached hydrogens (tertiary/aromatic N) is 4. The van der Waals surface area contributed by atoms with Crippen molar-refractivity contribution in [2.24, 2.45) is 0 Å². The van der Waals surface area contributed by atoms with Gasteiger partial charge in [0.25, 0.3) is 0 Å². The second-order valence-electron chi connectivity index (χ2n) is 19.7. The molecular weight excluding hydrogens is 873 g/mol. The van der Waals surface area contributed by atoms with E-state index < -0.39 is 0 Å². The van der Waals surface area contributed by atoms with Crippen LogP contribution in [0.5, 0.6) is 11.5 Å². The molecule has 6 aromatic carbocycles. The Balaban J connectivity index is 1.33. The highest BCUT2D eigenvalue weighted by Crippen LogP contribution is 2.47. The minimum Gasteiger partial charge on any atom is -0.495 e. The van der Waals surface area contributed by atoms with E-state index in [1.54, 1.807) is 14.2 Å². The molecule has 0 bridgehead atoms. The smallest absolute Gasteiger partial charge is 0.144 e. The van der Waals surface area contributed by atoms with Crippen LogP contribution >= 0.6 is 0 Å². The van der Waals surface area contributed by atoms with E-state index in [1.165, 1.54) is 55.9 Å². The number of anilines is 6. The first-order chi connectivity index (χ1) is 34.5. The summed E-state index contributed by atoms with van der Waals surface area (Å²) in [6.45, 7) is 17.6. The van der Waals surface area contributed by atoms with Crippen LogP contribution in [0.4, 0.5) is 34.1 Å². The average Bonchev–Trinajstić information content (AvgIpc) is 3.38. The fraction of sp³-hybridized carbons (Fsp3) is 0.429. The van der Waals surface area contributed by atoms with E-state index in [0.29, 0.717) is 0 Å². The third-order valence-corrected chi connectivity index (χ3v) is 13.9. The van der Waals surface area contributed by atoms with Gasteiger partial charge in [-0.3, -0.25) is 0 Å². The van der Waals surface area contributed by atoms with Gasteiger partial charge in [0.1, 0.15) is 22.9 Å². The van der Waals surface area contributed by atoms with Gasteiger partial charge in [0.2, 0.25) is 0 Å². The summed E-state index contributed by atoms with van der Waals surface area (Å²) >= 11 is 0. The van der Waals surface area contributed by atoms with Crippen molar-refractivity contribution in [2.75, 3.05) is 98.8 Å². The Labute approximate surface area is 429 Å². The van der Waals surface area contributed by atoms with Crippen molar-refractivity contribution >= 4 is 34.1 Å². The van der Waals surface area contributed by atoms with E-state index in [-0.39, 0.29) is 12.1 Å². The topological polar surface area (TPSA) is 55.5 Å². The van der Waals surface area contributed by atoms with Crippen molar-refractivity contribution in [2.45, 2.75) is 111 Å². The molecule has 2 atom stereocenters. The minimum absolute atomic E-state index is 0.0901. The Morgan fingerprint density at radius 3 is 1.08 bits per heavy atom. The fourth-order valence-corrected chi connectivity index (χ4v) is 10.1. The molecule has 8 heteroatoms. The molecule has 0 saturated heterocycles. The maximum atomic E-state index is 6.07. The molecule has 0 saturated carbocycles. The van der Waals surface area contributed by atoms with Crippen LogP contribution in [0.2, 0.25) is 0 Å². The van der Waals surface area contributed by atoms with Crippen molar-refractivity contribution in [1.82, 2.24) is 0 Å². The molecule has 0 amide bonds. The normalized spacial score (nSPS) is 12.0. The van der Waals surface area contributed by atoms with Crippen molar-refractivity contribution in [1.29, 1.82) is 0 Å². The summed E-state index contributed by atoms with van der Waals surface area (Å²) < 4.78 is 12.1. The molecule has 8 nitrogen and oxygen atoms in total. The van der Waals surface area contributed by atoms with Crippen molar-refractivity contribution in [3.8, 4) is 11.5 Å². The molecule has 0 aliphatic carbocycles. The third kappa shape index (κ3) is 13.6. The number of aryl methyl sites for hydroxylation is 2. The van der Waals surface area contributed by atoms with Gasteiger partial charge in [0.05, 0.1) is 37.7 Å². The number of hydrogen-bond donors (Lipinski definition) is 2. The number of nitrogens with one attached hydrogen (secondary N) is 2. The SMILES string of the molecule is CCCCN(CCCC)c1c(C(Nc2ccc(Cc3ccc(NC(c4ccccc4)c4ccc(OC)c(N(C)C)c4N(CCCC)CCCC)c(C)c3)cc2C)c2ccccc2)ccc(OC)c1N(C)C. The Bertz CT molecular complexity index is 2370. The van der Waals surface area contributed by atoms with E-state index in [9.17, 15) is 0 Å². The maximum Gasteiger partial charge on any atom is 0.144 e. The lowest BCUT2D eigenvalue weighted by Gasteiger charge is -2.35. The van der Waals surface area contributed by atoms with Crippen LogP contribution in [0.1, 0.15) is 136 Å². The summed E-state index contributed by atoms with van der Waals surface area (Å²) in [5.41, 5.74) is 17.0.